The third-order valence-corrected chi connectivity index (χ3v) is 2.26. The van der Waals surface area contributed by atoms with Gasteiger partial charge in [0.05, 0.1) is 19.1 Å². The molecule has 1 saturated heterocycles. The lowest BCUT2D eigenvalue weighted by molar-refractivity contribution is -0.902. The molecule has 0 aromatic heterocycles. The molecule has 0 aromatic carbocycles. The van der Waals surface area contributed by atoms with Gasteiger partial charge in [0, 0.05) is 5.92 Å². The Bertz CT molecular complexity index is 147. The Morgan fingerprint density at radius 1 is 1.73 bits per heavy atom. The number of rotatable bonds is 2. The number of nitrogens with one attached hydrogen (secondary N) is 1. The van der Waals surface area contributed by atoms with Gasteiger partial charge in [0.15, 0.2) is 0 Å². The summed E-state index contributed by atoms with van der Waals surface area (Å²) in [6.45, 7) is 4.35. The highest BCUT2D eigenvalue weighted by atomic mass is 16.4. The van der Waals surface area contributed by atoms with Crippen LogP contribution in [0.4, 0.5) is 0 Å². The highest BCUT2D eigenvalue weighted by molar-refractivity contribution is 5.65. The van der Waals surface area contributed by atoms with Gasteiger partial charge >= 0.3 is 0 Å². The molecule has 0 spiro atoms. The van der Waals surface area contributed by atoms with E-state index >= 15 is 0 Å². The van der Waals surface area contributed by atoms with Gasteiger partial charge in [-0.1, -0.05) is 6.92 Å². The van der Waals surface area contributed by atoms with E-state index in [1.54, 1.807) is 0 Å². The number of hydrogen-bond acceptors (Lipinski definition) is 2. The number of piperidine rings is 1. The predicted molar refractivity (Wildman–Crippen MR) is 39.0 cm³/mol. The summed E-state index contributed by atoms with van der Waals surface area (Å²) in [5.41, 5.74) is 0. The summed E-state index contributed by atoms with van der Waals surface area (Å²) in [5, 5.41) is 10.2. The number of carboxylic acids is 1. The van der Waals surface area contributed by atoms with E-state index in [0.29, 0.717) is 5.92 Å². The van der Waals surface area contributed by atoms with Gasteiger partial charge in [0.1, 0.15) is 6.54 Å². The van der Waals surface area contributed by atoms with E-state index < -0.39 is 5.97 Å². The van der Waals surface area contributed by atoms with E-state index in [0.717, 1.165) is 19.5 Å². The van der Waals surface area contributed by atoms with Crippen molar-refractivity contribution >= 4 is 5.97 Å². The van der Waals surface area contributed by atoms with Gasteiger partial charge in [-0.25, -0.2) is 0 Å². The van der Waals surface area contributed by atoms with Crippen molar-refractivity contribution in [1.82, 2.24) is 0 Å². The second-order valence-corrected chi connectivity index (χ2v) is 3.50. The summed E-state index contributed by atoms with van der Waals surface area (Å²) >= 11 is 0. The number of hydrogen-bond donors (Lipinski definition) is 1. The van der Waals surface area contributed by atoms with Crippen LogP contribution in [0.3, 0.4) is 0 Å². The second-order valence-electron chi connectivity index (χ2n) is 3.50. The minimum absolute atomic E-state index is 0.185. The first-order valence-corrected chi connectivity index (χ1v) is 4.22. The number of carbonyl (C=O) groups excluding carboxylic acids is 1. The first kappa shape index (κ1) is 8.53. The minimum Gasteiger partial charge on any atom is -0.544 e. The van der Waals surface area contributed by atoms with Crippen LogP contribution in [0.15, 0.2) is 0 Å². The molecule has 0 amide bonds. The Balaban J connectivity index is 2.28. The lowest BCUT2D eigenvalue weighted by Crippen LogP contribution is -3.14. The van der Waals surface area contributed by atoms with Crippen molar-refractivity contribution in [2.45, 2.75) is 19.8 Å². The van der Waals surface area contributed by atoms with Crippen molar-refractivity contribution in [1.29, 1.82) is 0 Å². The summed E-state index contributed by atoms with van der Waals surface area (Å²) in [7, 11) is 0. The molecule has 0 aliphatic carbocycles. The largest absolute Gasteiger partial charge is 0.544 e. The van der Waals surface area contributed by atoms with Crippen molar-refractivity contribution in [2.24, 2.45) is 5.92 Å². The third kappa shape index (κ3) is 2.89. The van der Waals surface area contributed by atoms with Gasteiger partial charge in [0.2, 0.25) is 0 Å². The molecule has 1 rings (SSSR count). The van der Waals surface area contributed by atoms with Crippen molar-refractivity contribution in [2.75, 3.05) is 19.6 Å². The second kappa shape index (κ2) is 3.72. The van der Waals surface area contributed by atoms with Crippen LogP contribution in [0.1, 0.15) is 19.8 Å². The molecule has 11 heavy (non-hydrogen) atoms. The molecule has 3 heteroatoms. The monoisotopic (exact) mass is 157 g/mol. The standard InChI is InChI=1S/C8H15NO2/c1-7-3-2-4-9(5-7)6-8(10)11/h7H,2-6H2,1H3,(H,10,11)/t7-/m0/s1. The lowest BCUT2D eigenvalue weighted by atomic mass is 10.0. The van der Waals surface area contributed by atoms with Crippen LogP contribution in [-0.2, 0) is 4.79 Å². The number of likely N-dealkylation sites (tertiary alicyclic amines) is 1. The van der Waals surface area contributed by atoms with E-state index in [9.17, 15) is 9.90 Å². The minimum atomic E-state index is -0.922. The van der Waals surface area contributed by atoms with Gasteiger partial charge in [-0.2, -0.15) is 0 Å². The molecule has 1 N–H and O–H groups in total. The average molecular weight is 157 g/mol. The average Bonchev–Trinajstić information content (AvgIpc) is 1.85. The Hall–Kier alpha value is -0.570. The smallest absolute Gasteiger partial charge is 0.117 e. The van der Waals surface area contributed by atoms with Crippen LogP contribution in [0.2, 0.25) is 0 Å². The van der Waals surface area contributed by atoms with E-state index in [2.05, 4.69) is 6.92 Å². The van der Waals surface area contributed by atoms with E-state index in [1.807, 2.05) is 0 Å². The maximum atomic E-state index is 10.2. The zero-order valence-corrected chi connectivity index (χ0v) is 6.93. The van der Waals surface area contributed by atoms with Crippen molar-refractivity contribution in [3.05, 3.63) is 0 Å². The van der Waals surface area contributed by atoms with E-state index in [1.165, 1.54) is 11.3 Å². The third-order valence-electron chi connectivity index (χ3n) is 2.26. The fourth-order valence-electron chi connectivity index (χ4n) is 1.76. The van der Waals surface area contributed by atoms with Crippen molar-refractivity contribution < 1.29 is 14.8 Å². The van der Waals surface area contributed by atoms with Gasteiger partial charge in [-0.05, 0) is 12.8 Å². The molecule has 1 aliphatic rings. The summed E-state index contributed by atoms with van der Waals surface area (Å²) in [6, 6.07) is 0. The zero-order valence-electron chi connectivity index (χ0n) is 6.93. The summed E-state index contributed by atoms with van der Waals surface area (Å²) in [6.07, 6.45) is 2.40. The first-order chi connectivity index (χ1) is 5.18. The molecule has 3 nitrogen and oxygen atoms in total. The molecule has 1 fully saturated rings. The molecule has 64 valence electrons. The summed E-state index contributed by atoms with van der Waals surface area (Å²) < 4.78 is 0. The number of carboxylic acid groups (broad SMARTS) is 1. The molecule has 0 bridgehead atoms. The summed E-state index contributed by atoms with van der Waals surface area (Å²) in [5.74, 6) is -0.243. The SMILES string of the molecule is C[C@H]1CCC[NH+](CC(=O)[O-])C1. The molecule has 1 unspecified atom stereocenters. The van der Waals surface area contributed by atoms with E-state index in [-0.39, 0.29) is 6.54 Å². The van der Waals surface area contributed by atoms with Crippen LogP contribution in [0, 0.1) is 5.92 Å². The molecule has 1 heterocycles. The Morgan fingerprint density at radius 2 is 2.45 bits per heavy atom. The van der Waals surface area contributed by atoms with Crippen LogP contribution >= 0.6 is 0 Å². The van der Waals surface area contributed by atoms with Crippen LogP contribution in [0.5, 0.6) is 0 Å². The van der Waals surface area contributed by atoms with Gasteiger partial charge in [0.25, 0.3) is 0 Å². The molecule has 0 saturated carbocycles. The Labute approximate surface area is 67.0 Å². The highest BCUT2D eigenvalue weighted by Gasteiger charge is 2.18. The normalized spacial score (nSPS) is 31.7. The lowest BCUT2D eigenvalue weighted by Gasteiger charge is -2.27. The maximum Gasteiger partial charge on any atom is 0.117 e. The molecular formula is C8H15NO2. The molecular weight excluding hydrogens is 142 g/mol. The quantitative estimate of drug-likeness (QED) is 0.506. The molecule has 2 atom stereocenters. The fraction of sp³-hybridized carbons (Fsp3) is 0.875. The summed E-state index contributed by atoms with van der Waals surface area (Å²) in [4.78, 5) is 11.4. The number of quaternary nitrogens is 1. The van der Waals surface area contributed by atoms with Crippen molar-refractivity contribution in [3.63, 3.8) is 0 Å². The van der Waals surface area contributed by atoms with Crippen LogP contribution in [-0.4, -0.2) is 25.6 Å². The Kier molecular flexibility index (Phi) is 2.88. The highest BCUT2D eigenvalue weighted by Crippen LogP contribution is 2.04. The molecule has 0 radical (unpaired) electrons. The number of carbonyl (C=O) groups is 1. The fourth-order valence-corrected chi connectivity index (χ4v) is 1.76. The van der Waals surface area contributed by atoms with Gasteiger partial charge in [-0.15, -0.1) is 0 Å². The first-order valence-electron chi connectivity index (χ1n) is 4.22. The van der Waals surface area contributed by atoms with Crippen LogP contribution in [0.25, 0.3) is 0 Å². The van der Waals surface area contributed by atoms with Crippen molar-refractivity contribution in [3.8, 4) is 0 Å². The van der Waals surface area contributed by atoms with Gasteiger partial charge < -0.3 is 14.8 Å². The number of aliphatic carboxylic acids is 1. The van der Waals surface area contributed by atoms with Crippen LogP contribution < -0.4 is 10.0 Å². The van der Waals surface area contributed by atoms with E-state index in [4.69, 9.17) is 0 Å². The predicted octanol–water partition coefficient (Wildman–Crippen LogP) is -1.95. The topological polar surface area (TPSA) is 44.6 Å². The maximum absolute atomic E-state index is 10.2. The molecule has 1 aliphatic heterocycles. The Morgan fingerprint density at radius 3 is 3.00 bits per heavy atom. The zero-order chi connectivity index (χ0) is 8.27. The van der Waals surface area contributed by atoms with Gasteiger partial charge in [-0.3, -0.25) is 0 Å². The molecule has 0 aromatic rings.